The largest absolute Gasteiger partial charge is 0.355 e. The van der Waals surface area contributed by atoms with E-state index < -0.39 is 0 Å². The molecule has 3 aromatic rings. The van der Waals surface area contributed by atoms with Crippen LogP contribution in [0.25, 0.3) is 0 Å². The maximum atomic E-state index is 12.8. The number of benzene rings is 2. The van der Waals surface area contributed by atoms with E-state index in [-0.39, 0.29) is 11.9 Å². The highest BCUT2D eigenvalue weighted by Gasteiger charge is 2.33. The van der Waals surface area contributed by atoms with Gasteiger partial charge in [-0.1, -0.05) is 67.6 Å². The molecular weight excluding hydrogens is 388 g/mol. The van der Waals surface area contributed by atoms with Crippen molar-refractivity contribution in [2.75, 3.05) is 19.6 Å². The third-order valence-electron chi connectivity index (χ3n) is 6.01. The number of hydrogen-bond donors (Lipinski definition) is 1. The number of thiophene rings is 1. The summed E-state index contributed by atoms with van der Waals surface area (Å²) in [7, 11) is 0. The van der Waals surface area contributed by atoms with Gasteiger partial charge in [0.05, 0.1) is 12.6 Å². The van der Waals surface area contributed by atoms with Crippen LogP contribution in [0.15, 0.2) is 60.7 Å². The van der Waals surface area contributed by atoms with E-state index in [9.17, 15) is 4.79 Å². The van der Waals surface area contributed by atoms with Crippen LogP contribution >= 0.6 is 11.3 Å². The molecule has 1 aliphatic heterocycles. The maximum absolute atomic E-state index is 12.8. The van der Waals surface area contributed by atoms with Crippen molar-refractivity contribution < 1.29 is 4.79 Å². The Hall–Kier alpha value is -2.43. The summed E-state index contributed by atoms with van der Waals surface area (Å²) < 4.78 is 0. The summed E-state index contributed by atoms with van der Waals surface area (Å²) >= 11 is 1.92. The molecule has 30 heavy (non-hydrogen) atoms. The minimum Gasteiger partial charge on any atom is -0.355 e. The SMILES string of the molecule is CCc1c(C)sc2c1CCN(CC(=O)NCCc1ccccc1)[C@H]2c1ccccc1. The Morgan fingerprint density at radius 3 is 2.50 bits per heavy atom. The number of aryl methyl sites for hydroxylation is 1. The number of carbonyl (C=O) groups excluding carboxylic acids is 1. The minimum atomic E-state index is 0.110. The normalized spacial score (nSPS) is 16.3. The van der Waals surface area contributed by atoms with Gasteiger partial charge >= 0.3 is 0 Å². The van der Waals surface area contributed by atoms with E-state index in [1.807, 2.05) is 29.5 Å². The van der Waals surface area contributed by atoms with Crippen LogP contribution in [0.4, 0.5) is 0 Å². The highest BCUT2D eigenvalue weighted by molar-refractivity contribution is 7.12. The molecule has 0 unspecified atom stereocenters. The van der Waals surface area contributed by atoms with Crippen molar-refractivity contribution >= 4 is 17.2 Å². The molecule has 0 radical (unpaired) electrons. The molecule has 156 valence electrons. The van der Waals surface area contributed by atoms with E-state index in [4.69, 9.17) is 0 Å². The van der Waals surface area contributed by atoms with Crippen LogP contribution in [-0.4, -0.2) is 30.4 Å². The van der Waals surface area contributed by atoms with E-state index in [1.54, 1.807) is 0 Å². The summed E-state index contributed by atoms with van der Waals surface area (Å²) in [5.74, 6) is 0.110. The number of nitrogens with one attached hydrogen (secondary N) is 1. The summed E-state index contributed by atoms with van der Waals surface area (Å²) in [4.78, 5) is 18.0. The lowest BCUT2D eigenvalue weighted by atomic mass is 9.91. The van der Waals surface area contributed by atoms with Crippen molar-refractivity contribution in [3.8, 4) is 0 Å². The lowest BCUT2D eigenvalue weighted by molar-refractivity contribution is -0.122. The number of nitrogens with zero attached hydrogens (tertiary/aromatic N) is 1. The highest BCUT2D eigenvalue weighted by atomic mass is 32.1. The number of hydrogen-bond acceptors (Lipinski definition) is 3. The van der Waals surface area contributed by atoms with E-state index in [0.29, 0.717) is 13.1 Å². The predicted molar refractivity (Wildman–Crippen MR) is 125 cm³/mol. The number of rotatable bonds is 7. The molecule has 0 spiro atoms. The summed E-state index contributed by atoms with van der Waals surface area (Å²) in [6.45, 7) is 6.52. The molecule has 2 heterocycles. The molecule has 4 rings (SSSR count). The van der Waals surface area contributed by atoms with Crippen LogP contribution in [-0.2, 0) is 24.1 Å². The zero-order valence-electron chi connectivity index (χ0n) is 17.9. The minimum absolute atomic E-state index is 0.110. The van der Waals surface area contributed by atoms with Gasteiger partial charge in [0.15, 0.2) is 0 Å². The van der Waals surface area contributed by atoms with E-state index in [1.165, 1.54) is 32.0 Å². The first-order valence-electron chi connectivity index (χ1n) is 10.9. The average molecular weight is 419 g/mol. The van der Waals surface area contributed by atoms with E-state index >= 15 is 0 Å². The smallest absolute Gasteiger partial charge is 0.234 e. The zero-order valence-corrected chi connectivity index (χ0v) is 18.7. The van der Waals surface area contributed by atoms with Gasteiger partial charge in [0.1, 0.15) is 0 Å². The van der Waals surface area contributed by atoms with Crippen molar-refractivity contribution in [3.05, 3.63) is 92.7 Å². The fourth-order valence-corrected chi connectivity index (χ4v) is 6.02. The number of carbonyl (C=O) groups is 1. The Labute approximate surface area is 183 Å². The predicted octanol–water partition coefficient (Wildman–Crippen LogP) is 4.93. The first-order valence-corrected chi connectivity index (χ1v) is 11.7. The van der Waals surface area contributed by atoms with Gasteiger partial charge in [-0.25, -0.2) is 0 Å². The average Bonchev–Trinajstić information content (AvgIpc) is 3.09. The van der Waals surface area contributed by atoms with Gasteiger partial charge in [-0.05, 0) is 48.4 Å². The van der Waals surface area contributed by atoms with Gasteiger partial charge in [-0.2, -0.15) is 0 Å². The molecule has 0 saturated carbocycles. The molecule has 1 amide bonds. The summed E-state index contributed by atoms with van der Waals surface area (Å²) in [5, 5.41) is 3.12. The second-order valence-corrected chi connectivity index (χ2v) is 9.21. The van der Waals surface area contributed by atoms with E-state index in [0.717, 1.165) is 25.8 Å². The molecular formula is C26H30N2OS. The van der Waals surface area contributed by atoms with Crippen molar-refractivity contribution in [3.63, 3.8) is 0 Å². The Bertz CT molecular complexity index is 981. The lowest BCUT2D eigenvalue weighted by Crippen LogP contribution is -2.43. The molecule has 3 nitrogen and oxygen atoms in total. The van der Waals surface area contributed by atoms with E-state index in [2.05, 4.69) is 66.5 Å². The molecule has 1 N–H and O–H groups in total. The van der Waals surface area contributed by atoms with Crippen LogP contribution in [0.1, 0.15) is 45.0 Å². The summed E-state index contributed by atoms with van der Waals surface area (Å²) in [6.07, 6.45) is 2.98. The summed E-state index contributed by atoms with van der Waals surface area (Å²) in [6, 6.07) is 21.1. The van der Waals surface area contributed by atoms with Gasteiger partial charge in [0, 0.05) is 22.8 Å². The van der Waals surface area contributed by atoms with Crippen LogP contribution < -0.4 is 5.32 Å². The Balaban J connectivity index is 1.49. The van der Waals surface area contributed by atoms with Crippen molar-refractivity contribution in [1.82, 2.24) is 10.2 Å². The lowest BCUT2D eigenvalue weighted by Gasteiger charge is -2.36. The first-order chi connectivity index (χ1) is 14.7. The topological polar surface area (TPSA) is 32.3 Å². The fourth-order valence-electron chi connectivity index (χ4n) is 4.56. The maximum Gasteiger partial charge on any atom is 0.234 e. The van der Waals surface area contributed by atoms with Crippen LogP contribution in [0.5, 0.6) is 0 Å². The third-order valence-corrected chi connectivity index (χ3v) is 7.25. The monoisotopic (exact) mass is 418 g/mol. The Morgan fingerprint density at radius 2 is 1.80 bits per heavy atom. The van der Waals surface area contributed by atoms with Crippen LogP contribution in [0.2, 0.25) is 0 Å². The van der Waals surface area contributed by atoms with Crippen LogP contribution in [0.3, 0.4) is 0 Å². The standard InChI is InChI=1S/C26H30N2OS/c1-3-22-19(2)30-26-23(22)15-17-28(25(26)21-12-8-5-9-13-21)18-24(29)27-16-14-20-10-6-4-7-11-20/h4-13,25H,3,14-18H2,1-2H3,(H,27,29)/t25-/m0/s1. The van der Waals surface area contributed by atoms with Gasteiger partial charge in [-0.15, -0.1) is 11.3 Å². The number of fused-ring (bicyclic) bond motifs is 1. The third kappa shape index (κ3) is 4.50. The second-order valence-electron chi connectivity index (χ2n) is 7.95. The fraction of sp³-hybridized carbons (Fsp3) is 0.346. The van der Waals surface area contributed by atoms with Crippen LogP contribution in [0, 0.1) is 6.92 Å². The number of amides is 1. The summed E-state index contributed by atoms with van der Waals surface area (Å²) in [5.41, 5.74) is 5.57. The molecule has 1 aliphatic rings. The molecule has 0 fully saturated rings. The molecule has 2 aromatic carbocycles. The molecule has 4 heteroatoms. The van der Waals surface area contributed by atoms with Gasteiger partial charge in [0.2, 0.25) is 5.91 Å². The van der Waals surface area contributed by atoms with Gasteiger partial charge < -0.3 is 5.32 Å². The first kappa shape index (κ1) is 20.8. The zero-order chi connectivity index (χ0) is 20.9. The quantitative estimate of drug-likeness (QED) is 0.590. The second kappa shape index (κ2) is 9.59. The molecule has 1 aromatic heterocycles. The Morgan fingerprint density at radius 1 is 1.10 bits per heavy atom. The Kier molecular flexibility index (Phi) is 6.66. The molecule has 0 aliphatic carbocycles. The molecule has 0 saturated heterocycles. The van der Waals surface area contributed by atoms with Crippen molar-refractivity contribution in [2.45, 2.75) is 39.2 Å². The van der Waals surface area contributed by atoms with Gasteiger partial charge in [0.25, 0.3) is 0 Å². The highest BCUT2D eigenvalue weighted by Crippen LogP contribution is 2.42. The van der Waals surface area contributed by atoms with Crippen molar-refractivity contribution in [2.24, 2.45) is 0 Å². The molecule has 0 bridgehead atoms. The van der Waals surface area contributed by atoms with Crippen molar-refractivity contribution in [1.29, 1.82) is 0 Å². The van der Waals surface area contributed by atoms with Gasteiger partial charge in [-0.3, -0.25) is 9.69 Å². The molecule has 1 atom stereocenters.